The van der Waals surface area contributed by atoms with Crippen molar-refractivity contribution in [3.63, 3.8) is 0 Å². The minimum Gasteiger partial charge on any atom is -0.395 e. The molecule has 1 amide bonds. The maximum Gasteiger partial charge on any atom is 0.433 e. The van der Waals surface area contributed by atoms with E-state index in [1.54, 1.807) is 7.05 Å². The van der Waals surface area contributed by atoms with Gasteiger partial charge in [0.25, 0.3) is 5.91 Å². The highest BCUT2D eigenvalue weighted by atomic mass is 16.6. The average Bonchev–Trinajstić information content (AvgIpc) is 2.65. The number of rotatable bonds is 4. The molecular weight excluding hydrogens is 202 g/mol. The lowest BCUT2D eigenvalue weighted by atomic mass is 10.4. The molecule has 0 fully saturated rings. The van der Waals surface area contributed by atoms with Gasteiger partial charge in [0.15, 0.2) is 5.76 Å². The van der Waals surface area contributed by atoms with Crippen molar-refractivity contribution < 1.29 is 14.1 Å². The Bertz CT molecular complexity index is 374. The summed E-state index contributed by atoms with van der Waals surface area (Å²) in [7, 11) is 1.55. The zero-order valence-corrected chi connectivity index (χ0v) is 8.17. The molecule has 0 saturated carbocycles. The fraction of sp³-hybridized carbons (Fsp3) is 0.375. The molecule has 0 spiro atoms. The first-order valence-electron chi connectivity index (χ1n) is 4.26. The van der Waals surface area contributed by atoms with Crippen molar-refractivity contribution >= 4 is 11.8 Å². The van der Waals surface area contributed by atoms with E-state index in [2.05, 4.69) is 0 Å². The molecule has 7 heteroatoms. The normalized spacial score (nSPS) is 10.0. The maximum absolute atomic E-state index is 11.5. The number of hydrogen-bond donors (Lipinski definition) is 1. The van der Waals surface area contributed by atoms with Gasteiger partial charge in [0.2, 0.25) is 0 Å². The van der Waals surface area contributed by atoms with Crippen LogP contribution in [0.4, 0.5) is 5.88 Å². The molecule has 0 unspecified atom stereocenters. The van der Waals surface area contributed by atoms with Crippen LogP contribution in [-0.2, 0) is 0 Å². The highest BCUT2D eigenvalue weighted by molar-refractivity contribution is 5.91. The number of likely N-dealkylation sites (N-methyl/N-ethyl adjacent to an activating group) is 1. The molecule has 0 aliphatic heterocycles. The first-order chi connectivity index (χ1) is 7.06. The van der Waals surface area contributed by atoms with E-state index in [4.69, 9.17) is 10.2 Å². The van der Waals surface area contributed by atoms with Crippen LogP contribution in [0.15, 0.2) is 16.5 Å². The lowest BCUT2D eigenvalue weighted by Crippen LogP contribution is -2.31. The molecule has 1 aromatic rings. The van der Waals surface area contributed by atoms with E-state index < -0.39 is 16.7 Å². The molecule has 0 bridgehead atoms. The van der Waals surface area contributed by atoms with Crippen LogP contribution in [0.25, 0.3) is 0 Å². The van der Waals surface area contributed by atoms with E-state index in [1.807, 2.05) is 0 Å². The number of nitrogens with two attached hydrogens (primary N) is 1. The molecule has 2 N–H and O–H groups in total. The van der Waals surface area contributed by atoms with Crippen molar-refractivity contribution in [1.29, 1.82) is 0 Å². The Morgan fingerprint density at radius 3 is 2.80 bits per heavy atom. The monoisotopic (exact) mass is 213 g/mol. The summed E-state index contributed by atoms with van der Waals surface area (Å²) in [5.41, 5.74) is 5.27. The third-order valence-corrected chi connectivity index (χ3v) is 1.79. The largest absolute Gasteiger partial charge is 0.433 e. The van der Waals surface area contributed by atoms with Crippen LogP contribution < -0.4 is 5.73 Å². The number of amides is 1. The first-order valence-corrected chi connectivity index (χ1v) is 4.26. The Morgan fingerprint density at radius 1 is 1.67 bits per heavy atom. The Morgan fingerprint density at radius 2 is 2.33 bits per heavy atom. The van der Waals surface area contributed by atoms with E-state index in [9.17, 15) is 14.9 Å². The Labute approximate surface area is 85.6 Å². The van der Waals surface area contributed by atoms with Crippen molar-refractivity contribution in [2.75, 3.05) is 20.1 Å². The van der Waals surface area contributed by atoms with E-state index in [0.717, 1.165) is 6.07 Å². The summed E-state index contributed by atoms with van der Waals surface area (Å²) < 4.78 is 4.74. The summed E-state index contributed by atoms with van der Waals surface area (Å²) in [6, 6.07) is 2.41. The van der Waals surface area contributed by atoms with Gasteiger partial charge in [-0.05, 0) is 6.07 Å². The van der Waals surface area contributed by atoms with Crippen molar-refractivity contribution in [2.45, 2.75) is 0 Å². The molecule has 0 atom stereocenters. The van der Waals surface area contributed by atoms with Gasteiger partial charge in [-0.15, -0.1) is 0 Å². The molecule has 0 aromatic carbocycles. The molecule has 82 valence electrons. The molecule has 0 aliphatic rings. The summed E-state index contributed by atoms with van der Waals surface area (Å²) in [5.74, 6) is -0.925. The Kier molecular flexibility index (Phi) is 3.40. The number of nitrogens with zero attached hydrogens (tertiary/aromatic N) is 2. The van der Waals surface area contributed by atoms with Gasteiger partial charge >= 0.3 is 5.88 Å². The second kappa shape index (κ2) is 4.56. The molecule has 1 rings (SSSR count). The van der Waals surface area contributed by atoms with Crippen molar-refractivity contribution in [2.24, 2.45) is 5.73 Å². The Balaban J connectivity index is 2.78. The lowest BCUT2D eigenvalue weighted by molar-refractivity contribution is -0.402. The fourth-order valence-corrected chi connectivity index (χ4v) is 1.02. The molecule has 1 heterocycles. The van der Waals surface area contributed by atoms with Crippen LogP contribution in [0, 0.1) is 10.1 Å². The number of carbonyl (C=O) groups excluding carboxylic acids is 1. The fourth-order valence-electron chi connectivity index (χ4n) is 1.02. The minimum absolute atomic E-state index is 0.0577. The molecule has 15 heavy (non-hydrogen) atoms. The predicted molar refractivity (Wildman–Crippen MR) is 51.4 cm³/mol. The second-order valence-corrected chi connectivity index (χ2v) is 2.91. The van der Waals surface area contributed by atoms with Gasteiger partial charge in [-0.1, -0.05) is 0 Å². The molecule has 0 saturated heterocycles. The quantitative estimate of drug-likeness (QED) is 0.569. The first kappa shape index (κ1) is 11.2. The number of furan rings is 1. The SMILES string of the molecule is CN(CCN)C(=O)c1ccc([N+](=O)[O-])o1. The van der Waals surface area contributed by atoms with Crippen LogP contribution in [0.3, 0.4) is 0 Å². The number of carbonyl (C=O) groups is 1. The van der Waals surface area contributed by atoms with E-state index >= 15 is 0 Å². The highest BCUT2D eigenvalue weighted by Gasteiger charge is 2.19. The molecule has 1 aromatic heterocycles. The van der Waals surface area contributed by atoms with Crippen LogP contribution in [0.5, 0.6) is 0 Å². The predicted octanol–water partition coefficient (Wildman–Crippen LogP) is 0.219. The van der Waals surface area contributed by atoms with E-state index in [-0.39, 0.29) is 5.76 Å². The van der Waals surface area contributed by atoms with Crippen LogP contribution in [-0.4, -0.2) is 35.9 Å². The standard InChI is InChI=1S/C8H11N3O4/c1-10(5-4-9)8(12)6-2-3-7(15-6)11(13)14/h2-3H,4-5,9H2,1H3. The summed E-state index contributed by atoms with van der Waals surface area (Å²) in [5, 5.41) is 10.3. The van der Waals surface area contributed by atoms with Crippen molar-refractivity contribution in [3.05, 3.63) is 28.0 Å². The molecule has 0 radical (unpaired) electrons. The lowest BCUT2D eigenvalue weighted by Gasteiger charge is -2.13. The summed E-state index contributed by atoms with van der Waals surface area (Å²) in [6.07, 6.45) is 0. The number of nitro groups is 1. The third-order valence-electron chi connectivity index (χ3n) is 1.79. The maximum atomic E-state index is 11.5. The van der Waals surface area contributed by atoms with Gasteiger partial charge in [-0.3, -0.25) is 14.9 Å². The van der Waals surface area contributed by atoms with Crippen LogP contribution in [0.1, 0.15) is 10.6 Å². The Hall–Kier alpha value is -1.89. The van der Waals surface area contributed by atoms with Gasteiger partial charge in [0, 0.05) is 20.1 Å². The van der Waals surface area contributed by atoms with Crippen LogP contribution in [0.2, 0.25) is 0 Å². The molecule has 7 nitrogen and oxygen atoms in total. The van der Waals surface area contributed by atoms with Crippen molar-refractivity contribution in [1.82, 2.24) is 4.90 Å². The summed E-state index contributed by atoms with van der Waals surface area (Å²) in [6.45, 7) is 0.693. The summed E-state index contributed by atoms with van der Waals surface area (Å²) in [4.78, 5) is 22.5. The van der Waals surface area contributed by atoms with Crippen LogP contribution >= 0.6 is 0 Å². The van der Waals surface area contributed by atoms with Gasteiger partial charge in [-0.25, -0.2) is 0 Å². The number of hydrogen-bond acceptors (Lipinski definition) is 5. The van der Waals surface area contributed by atoms with E-state index in [0.29, 0.717) is 13.1 Å². The minimum atomic E-state index is -0.695. The van der Waals surface area contributed by atoms with Gasteiger partial charge in [0.05, 0.1) is 6.07 Å². The van der Waals surface area contributed by atoms with Gasteiger partial charge in [0.1, 0.15) is 4.92 Å². The zero-order valence-electron chi connectivity index (χ0n) is 8.17. The smallest absolute Gasteiger partial charge is 0.395 e. The van der Waals surface area contributed by atoms with E-state index in [1.165, 1.54) is 11.0 Å². The molecular formula is C8H11N3O4. The van der Waals surface area contributed by atoms with Crippen molar-refractivity contribution in [3.8, 4) is 0 Å². The average molecular weight is 213 g/mol. The highest BCUT2D eigenvalue weighted by Crippen LogP contribution is 2.16. The molecule has 0 aliphatic carbocycles. The van der Waals surface area contributed by atoms with Gasteiger partial charge < -0.3 is 15.1 Å². The zero-order chi connectivity index (χ0) is 11.4. The topological polar surface area (TPSA) is 103 Å². The third kappa shape index (κ3) is 2.53. The second-order valence-electron chi connectivity index (χ2n) is 2.91. The summed E-state index contributed by atoms with van der Waals surface area (Å²) >= 11 is 0. The van der Waals surface area contributed by atoms with Gasteiger partial charge in [-0.2, -0.15) is 0 Å².